The van der Waals surface area contributed by atoms with Crippen LogP contribution in [0.2, 0.25) is 5.02 Å². The van der Waals surface area contributed by atoms with E-state index in [0.717, 1.165) is 18.2 Å². The first-order valence-electron chi connectivity index (χ1n) is 7.54. The van der Waals surface area contributed by atoms with Crippen LogP contribution in [0.25, 0.3) is 0 Å². The molecule has 0 atom stereocenters. The van der Waals surface area contributed by atoms with Gasteiger partial charge < -0.3 is 20.1 Å². The van der Waals surface area contributed by atoms with E-state index in [1.54, 1.807) is 12.1 Å². The number of nitrogens with one attached hydrogen (secondary N) is 2. The Balaban J connectivity index is 1.99. The molecule has 146 valence electrons. The van der Waals surface area contributed by atoms with Crippen molar-refractivity contribution in [3.05, 3.63) is 47.2 Å². The zero-order valence-corrected chi connectivity index (χ0v) is 14.7. The van der Waals surface area contributed by atoms with Crippen LogP contribution < -0.4 is 20.1 Å². The zero-order chi connectivity index (χ0) is 20.0. The number of halogens is 5. The molecule has 0 aliphatic carbocycles. The smallest absolute Gasteiger partial charge is 0.422 e. The van der Waals surface area contributed by atoms with E-state index in [-0.39, 0.29) is 23.0 Å². The SMILES string of the molecule is COc1ccc(NC(=O)CNc2cc(F)ccc2OCC(F)(F)F)cc1Cl. The van der Waals surface area contributed by atoms with Gasteiger partial charge in [0.2, 0.25) is 5.91 Å². The summed E-state index contributed by atoms with van der Waals surface area (Å²) in [7, 11) is 1.45. The van der Waals surface area contributed by atoms with Crippen molar-refractivity contribution in [3.8, 4) is 11.5 Å². The molecule has 0 aromatic heterocycles. The van der Waals surface area contributed by atoms with Gasteiger partial charge in [-0.05, 0) is 30.3 Å². The van der Waals surface area contributed by atoms with Gasteiger partial charge in [0.15, 0.2) is 6.61 Å². The summed E-state index contributed by atoms with van der Waals surface area (Å²) < 4.78 is 59.9. The molecular formula is C17H15ClF4N2O3. The third-order valence-corrected chi connectivity index (χ3v) is 3.50. The number of carbonyl (C=O) groups is 1. The van der Waals surface area contributed by atoms with Crippen LogP contribution in [0.3, 0.4) is 0 Å². The van der Waals surface area contributed by atoms with Gasteiger partial charge in [0.25, 0.3) is 0 Å². The van der Waals surface area contributed by atoms with Crippen molar-refractivity contribution in [1.82, 2.24) is 0 Å². The molecule has 10 heteroatoms. The standard InChI is InChI=1S/C17H15ClF4N2O3/c1-26-14-5-3-11(7-12(14)18)24-16(25)8-23-13-6-10(19)2-4-15(13)27-9-17(20,21)22/h2-7,23H,8-9H2,1H3,(H,24,25). The minimum atomic E-state index is -4.54. The van der Waals surface area contributed by atoms with Gasteiger partial charge in [-0.25, -0.2) is 4.39 Å². The average molecular weight is 407 g/mol. The number of hydrogen-bond donors (Lipinski definition) is 2. The fourth-order valence-electron chi connectivity index (χ4n) is 2.05. The largest absolute Gasteiger partial charge is 0.495 e. The third kappa shape index (κ3) is 6.52. The molecule has 2 rings (SSSR count). The number of amides is 1. The van der Waals surface area contributed by atoms with Crippen LogP contribution in [0.15, 0.2) is 36.4 Å². The molecule has 27 heavy (non-hydrogen) atoms. The first kappa shape index (κ1) is 20.6. The summed E-state index contributed by atoms with van der Waals surface area (Å²) in [5.41, 5.74) is 0.308. The molecule has 5 nitrogen and oxygen atoms in total. The number of ether oxygens (including phenoxy) is 2. The van der Waals surface area contributed by atoms with Crippen molar-refractivity contribution >= 4 is 28.9 Å². The van der Waals surface area contributed by atoms with Crippen molar-refractivity contribution in [2.45, 2.75) is 6.18 Å². The van der Waals surface area contributed by atoms with Crippen molar-refractivity contribution in [2.24, 2.45) is 0 Å². The van der Waals surface area contributed by atoms with Crippen LogP contribution in [0.5, 0.6) is 11.5 Å². The summed E-state index contributed by atoms with van der Waals surface area (Å²) in [6.07, 6.45) is -4.54. The number of anilines is 2. The number of alkyl halides is 3. The molecule has 0 bridgehead atoms. The molecule has 0 unspecified atom stereocenters. The predicted molar refractivity (Wildman–Crippen MR) is 93.1 cm³/mol. The quantitative estimate of drug-likeness (QED) is 0.666. The van der Waals surface area contributed by atoms with Gasteiger partial charge in [-0.2, -0.15) is 13.2 Å². The highest BCUT2D eigenvalue weighted by molar-refractivity contribution is 6.32. The van der Waals surface area contributed by atoms with E-state index in [1.807, 2.05) is 0 Å². The van der Waals surface area contributed by atoms with Crippen LogP contribution in [0, 0.1) is 5.82 Å². The van der Waals surface area contributed by atoms with E-state index in [9.17, 15) is 22.4 Å². The molecule has 0 aliphatic heterocycles. The van der Waals surface area contributed by atoms with Gasteiger partial charge in [0.05, 0.1) is 24.4 Å². The highest BCUT2D eigenvalue weighted by Gasteiger charge is 2.29. The number of hydrogen-bond acceptors (Lipinski definition) is 4. The second-order valence-electron chi connectivity index (χ2n) is 5.30. The molecule has 0 spiro atoms. The van der Waals surface area contributed by atoms with Gasteiger partial charge in [-0.1, -0.05) is 11.6 Å². The first-order chi connectivity index (χ1) is 12.7. The highest BCUT2D eigenvalue weighted by Crippen LogP contribution is 2.28. The lowest BCUT2D eigenvalue weighted by Gasteiger charge is -2.15. The second kappa shape index (κ2) is 8.81. The summed E-state index contributed by atoms with van der Waals surface area (Å²) in [5.74, 6) is -1.02. The molecule has 2 aromatic carbocycles. The van der Waals surface area contributed by atoms with Crippen LogP contribution >= 0.6 is 11.6 Å². The lowest BCUT2D eigenvalue weighted by atomic mass is 10.2. The van der Waals surface area contributed by atoms with Gasteiger partial charge >= 0.3 is 6.18 Å². The fraction of sp³-hybridized carbons (Fsp3) is 0.235. The zero-order valence-electron chi connectivity index (χ0n) is 14.0. The lowest BCUT2D eigenvalue weighted by molar-refractivity contribution is -0.153. The summed E-state index contributed by atoms with van der Waals surface area (Å²) in [4.78, 5) is 12.0. The lowest BCUT2D eigenvalue weighted by Crippen LogP contribution is -2.23. The van der Waals surface area contributed by atoms with Crippen LogP contribution in [0.1, 0.15) is 0 Å². The molecular weight excluding hydrogens is 392 g/mol. The number of methoxy groups -OCH3 is 1. The van der Waals surface area contributed by atoms with E-state index < -0.39 is 24.5 Å². The normalized spacial score (nSPS) is 11.0. The number of carbonyl (C=O) groups excluding carboxylic acids is 1. The van der Waals surface area contributed by atoms with Gasteiger partial charge in [-0.15, -0.1) is 0 Å². The molecule has 2 aromatic rings. The van der Waals surface area contributed by atoms with Crippen LogP contribution in [0.4, 0.5) is 28.9 Å². The van der Waals surface area contributed by atoms with E-state index in [4.69, 9.17) is 16.3 Å². The van der Waals surface area contributed by atoms with Crippen molar-refractivity contribution in [1.29, 1.82) is 0 Å². The van der Waals surface area contributed by atoms with Gasteiger partial charge in [-0.3, -0.25) is 4.79 Å². The predicted octanol–water partition coefficient (Wildman–Crippen LogP) is 4.48. The number of rotatable bonds is 7. The maximum absolute atomic E-state index is 13.4. The molecule has 0 fully saturated rings. The molecule has 2 N–H and O–H groups in total. The van der Waals surface area contributed by atoms with E-state index >= 15 is 0 Å². The van der Waals surface area contributed by atoms with Crippen molar-refractivity contribution < 1.29 is 31.8 Å². The second-order valence-corrected chi connectivity index (χ2v) is 5.70. The van der Waals surface area contributed by atoms with E-state index in [1.165, 1.54) is 13.2 Å². The summed E-state index contributed by atoms with van der Waals surface area (Å²) >= 11 is 5.95. The monoisotopic (exact) mass is 406 g/mol. The minimum Gasteiger partial charge on any atom is -0.495 e. The first-order valence-corrected chi connectivity index (χ1v) is 7.92. The minimum absolute atomic E-state index is 0.0813. The Morgan fingerprint density at radius 3 is 2.48 bits per heavy atom. The Labute approximate surface area is 157 Å². The number of benzene rings is 2. The van der Waals surface area contributed by atoms with E-state index in [0.29, 0.717) is 11.4 Å². The summed E-state index contributed by atoms with van der Waals surface area (Å²) in [6, 6.07) is 7.52. The Morgan fingerprint density at radius 1 is 1.15 bits per heavy atom. The third-order valence-electron chi connectivity index (χ3n) is 3.21. The maximum Gasteiger partial charge on any atom is 0.422 e. The Kier molecular flexibility index (Phi) is 6.73. The fourth-order valence-corrected chi connectivity index (χ4v) is 2.31. The van der Waals surface area contributed by atoms with Gasteiger partial charge in [0, 0.05) is 11.8 Å². The van der Waals surface area contributed by atoms with Crippen LogP contribution in [-0.2, 0) is 4.79 Å². The molecule has 0 saturated carbocycles. The Morgan fingerprint density at radius 2 is 1.85 bits per heavy atom. The summed E-state index contributed by atoms with van der Waals surface area (Å²) in [5, 5.41) is 5.37. The molecule has 0 radical (unpaired) electrons. The molecule has 1 amide bonds. The topological polar surface area (TPSA) is 59.6 Å². The Bertz CT molecular complexity index is 815. The molecule has 0 aliphatic rings. The summed E-state index contributed by atoms with van der Waals surface area (Å²) in [6.45, 7) is -1.88. The average Bonchev–Trinajstić information content (AvgIpc) is 2.58. The van der Waals surface area contributed by atoms with E-state index in [2.05, 4.69) is 15.4 Å². The Hall–Kier alpha value is -2.68. The molecule has 0 heterocycles. The van der Waals surface area contributed by atoms with Crippen molar-refractivity contribution in [3.63, 3.8) is 0 Å². The van der Waals surface area contributed by atoms with Crippen LogP contribution in [-0.4, -0.2) is 32.3 Å². The maximum atomic E-state index is 13.4. The van der Waals surface area contributed by atoms with Gasteiger partial charge in [0.1, 0.15) is 17.3 Å². The molecule has 0 saturated heterocycles. The highest BCUT2D eigenvalue weighted by atomic mass is 35.5. The van der Waals surface area contributed by atoms with Crippen molar-refractivity contribution in [2.75, 3.05) is 30.9 Å².